The molecule has 0 radical (unpaired) electrons. The Morgan fingerprint density at radius 3 is 2.59 bits per heavy atom. The number of carbonyl (C=O) groups excluding carboxylic acids is 1. The van der Waals surface area contributed by atoms with E-state index in [0.717, 1.165) is 28.4 Å². The molecule has 0 bridgehead atoms. The number of amides is 1. The van der Waals surface area contributed by atoms with Crippen molar-refractivity contribution >= 4 is 28.8 Å². The predicted octanol–water partition coefficient (Wildman–Crippen LogP) is 5.45. The van der Waals surface area contributed by atoms with Crippen LogP contribution >= 0.6 is 22.9 Å². The van der Waals surface area contributed by atoms with E-state index in [9.17, 15) is 18.0 Å². The van der Waals surface area contributed by atoms with Gasteiger partial charge in [0, 0.05) is 29.5 Å². The molecule has 0 saturated carbocycles. The maximum atomic E-state index is 12.9. The van der Waals surface area contributed by atoms with E-state index in [4.69, 9.17) is 11.6 Å². The van der Waals surface area contributed by atoms with Crippen molar-refractivity contribution < 1.29 is 18.0 Å². The third-order valence-corrected chi connectivity index (χ3v) is 5.04. The van der Waals surface area contributed by atoms with Gasteiger partial charge in [-0.3, -0.25) is 4.79 Å². The van der Waals surface area contributed by atoms with Gasteiger partial charge < -0.3 is 5.32 Å². The number of aromatic nitrogens is 1. The van der Waals surface area contributed by atoms with Gasteiger partial charge in [-0.2, -0.15) is 13.2 Å². The monoisotopic (exact) mass is 410 g/mol. The number of hydrogen-bond acceptors (Lipinski definition) is 3. The number of rotatable bonds is 5. The zero-order valence-electron chi connectivity index (χ0n) is 13.9. The molecule has 1 amide bonds. The minimum atomic E-state index is -4.61. The second-order valence-corrected chi connectivity index (χ2v) is 6.97. The van der Waals surface area contributed by atoms with E-state index >= 15 is 0 Å². The molecule has 2 aromatic carbocycles. The summed E-state index contributed by atoms with van der Waals surface area (Å²) in [5.41, 5.74) is 0.712. The molecule has 0 fully saturated rings. The van der Waals surface area contributed by atoms with Crippen LogP contribution in [0, 0.1) is 0 Å². The first-order valence-corrected chi connectivity index (χ1v) is 9.25. The van der Waals surface area contributed by atoms with Gasteiger partial charge in [-0.25, -0.2) is 4.98 Å². The zero-order chi connectivity index (χ0) is 19.4. The highest BCUT2D eigenvalue weighted by atomic mass is 35.5. The Kier molecular flexibility index (Phi) is 5.82. The summed E-state index contributed by atoms with van der Waals surface area (Å²) in [6, 6.07) is 12.8. The van der Waals surface area contributed by atoms with E-state index in [1.54, 1.807) is 0 Å². The molecular formula is C19H14ClF3N2OS. The summed E-state index contributed by atoms with van der Waals surface area (Å²) in [5.74, 6) is -0.587. The van der Waals surface area contributed by atoms with Crippen molar-refractivity contribution in [2.24, 2.45) is 0 Å². The predicted molar refractivity (Wildman–Crippen MR) is 100 cm³/mol. The lowest BCUT2D eigenvalue weighted by Crippen LogP contribution is -2.26. The van der Waals surface area contributed by atoms with Crippen LogP contribution in [-0.4, -0.2) is 17.4 Å². The molecule has 1 aromatic heterocycles. The van der Waals surface area contributed by atoms with Crippen molar-refractivity contribution in [2.45, 2.75) is 12.6 Å². The van der Waals surface area contributed by atoms with Gasteiger partial charge in [0.2, 0.25) is 0 Å². The molecule has 0 aliphatic rings. The second kappa shape index (κ2) is 8.10. The third kappa shape index (κ3) is 4.87. The van der Waals surface area contributed by atoms with E-state index in [2.05, 4.69) is 10.3 Å². The highest BCUT2D eigenvalue weighted by molar-refractivity contribution is 7.13. The number of thiazole rings is 1. The molecule has 3 nitrogen and oxygen atoms in total. The number of benzene rings is 2. The summed E-state index contributed by atoms with van der Waals surface area (Å²) < 4.78 is 38.7. The fourth-order valence-corrected chi connectivity index (χ4v) is 3.51. The maximum Gasteiger partial charge on any atom is 0.417 e. The first-order valence-electron chi connectivity index (χ1n) is 7.99. The molecule has 0 spiro atoms. The molecule has 0 unspecified atom stereocenters. The third-order valence-electron chi connectivity index (χ3n) is 3.77. The van der Waals surface area contributed by atoms with E-state index in [1.807, 2.05) is 35.7 Å². The van der Waals surface area contributed by atoms with Gasteiger partial charge in [0.05, 0.1) is 16.3 Å². The highest BCUT2D eigenvalue weighted by Gasteiger charge is 2.33. The fourth-order valence-electron chi connectivity index (χ4n) is 2.43. The van der Waals surface area contributed by atoms with Crippen molar-refractivity contribution in [2.75, 3.05) is 6.54 Å². The first kappa shape index (κ1) is 19.4. The smallest absolute Gasteiger partial charge is 0.352 e. The van der Waals surface area contributed by atoms with Crippen LogP contribution in [0.25, 0.3) is 10.6 Å². The average molecular weight is 411 g/mol. The Bertz CT molecular complexity index is 942. The van der Waals surface area contributed by atoms with Crippen LogP contribution < -0.4 is 5.32 Å². The fraction of sp³-hybridized carbons (Fsp3) is 0.158. The summed E-state index contributed by atoms with van der Waals surface area (Å²) in [6.45, 7) is 0.265. The minimum Gasteiger partial charge on any atom is -0.352 e. The van der Waals surface area contributed by atoms with Gasteiger partial charge in [-0.15, -0.1) is 11.3 Å². The molecule has 3 aromatic rings. The maximum absolute atomic E-state index is 12.9. The molecular weight excluding hydrogens is 397 g/mol. The Morgan fingerprint density at radius 2 is 1.89 bits per heavy atom. The number of halogens is 4. The van der Waals surface area contributed by atoms with Crippen molar-refractivity contribution in [3.63, 3.8) is 0 Å². The van der Waals surface area contributed by atoms with Crippen molar-refractivity contribution in [3.8, 4) is 10.6 Å². The standard InChI is InChI=1S/C19H14ClF3N2OS/c20-16-7-6-13(10-15(16)19(21,22)23)17(26)24-9-8-14-11-27-18(25-14)12-4-2-1-3-5-12/h1-7,10-11H,8-9H2,(H,24,26). The second-order valence-electron chi connectivity index (χ2n) is 5.71. The van der Waals surface area contributed by atoms with Crippen LogP contribution in [0.5, 0.6) is 0 Å². The molecule has 3 rings (SSSR count). The Balaban J connectivity index is 1.60. The number of alkyl halides is 3. The van der Waals surface area contributed by atoms with Gasteiger partial charge in [-0.05, 0) is 18.2 Å². The lowest BCUT2D eigenvalue weighted by molar-refractivity contribution is -0.137. The summed E-state index contributed by atoms with van der Waals surface area (Å²) in [4.78, 5) is 16.6. The van der Waals surface area contributed by atoms with Crippen LogP contribution in [0.3, 0.4) is 0 Å². The lowest BCUT2D eigenvalue weighted by Gasteiger charge is -2.11. The van der Waals surface area contributed by atoms with E-state index < -0.39 is 22.7 Å². The quantitative estimate of drug-likeness (QED) is 0.607. The van der Waals surface area contributed by atoms with Gasteiger partial charge in [0.1, 0.15) is 5.01 Å². The molecule has 0 saturated heterocycles. The Labute approximate surface area is 162 Å². The van der Waals surface area contributed by atoms with E-state index in [1.165, 1.54) is 17.4 Å². The molecule has 1 N–H and O–H groups in total. The van der Waals surface area contributed by atoms with Crippen molar-refractivity contribution in [1.82, 2.24) is 10.3 Å². The van der Waals surface area contributed by atoms with Crippen LogP contribution in [0.1, 0.15) is 21.6 Å². The number of nitrogens with one attached hydrogen (secondary N) is 1. The Hall–Kier alpha value is -2.38. The van der Waals surface area contributed by atoms with E-state index in [-0.39, 0.29) is 12.1 Å². The van der Waals surface area contributed by atoms with E-state index in [0.29, 0.717) is 6.42 Å². The van der Waals surface area contributed by atoms with Crippen LogP contribution in [0.4, 0.5) is 13.2 Å². The first-order chi connectivity index (χ1) is 12.8. The summed E-state index contributed by atoms with van der Waals surface area (Å²) in [7, 11) is 0. The molecule has 27 heavy (non-hydrogen) atoms. The topological polar surface area (TPSA) is 42.0 Å². The molecule has 8 heteroatoms. The zero-order valence-corrected chi connectivity index (χ0v) is 15.5. The lowest BCUT2D eigenvalue weighted by atomic mass is 10.1. The summed E-state index contributed by atoms with van der Waals surface area (Å²) in [5, 5.41) is 4.96. The van der Waals surface area contributed by atoms with Gasteiger partial charge in [0.15, 0.2) is 0 Å². The van der Waals surface area contributed by atoms with Gasteiger partial charge in [0.25, 0.3) is 5.91 Å². The number of hydrogen-bond donors (Lipinski definition) is 1. The molecule has 1 heterocycles. The number of nitrogens with zero attached hydrogens (tertiary/aromatic N) is 1. The largest absolute Gasteiger partial charge is 0.417 e. The van der Waals surface area contributed by atoms with Gasteiger partial charge in [-0.1, -0.05) is 41.9 Å². The van der Waals surface area contributed by atoms with Crippen LogP contribution in [0.15, 0.2) is 53.9 Å². The molecule has 0 aliphatic heterocycles. The molecule has 140 valence electrons. The molecule has 0 atom stereocenters. The summed E-state index contributed by atoms with van der Waals surface area (Å²) in [6.07, 6.45) is -4.13. The van der Waals surface area contributed by atoms with Gasteiger partial charge >= 0.3 is 6.18 Å². The van der Waals surface area contributed by atoms with Crippen LogP contribution in [0.2, 0.25) is 5.02 Å². The van der Waals surface area contributed by atoms with Crippen molar-refractivity contribution in [3.05, 3.63) is 75.8 Å². The summed E-state index contributed by atoms with van der Waals surface area (Å²) >= 11 is 7.06. The SMILES string of the molecule is O=C(NCCc1csc(-c2ccccc2)n1)c1ccc(Cl)c(C(F)(F)F)c1. The van der Waals surface area contributed by atoms with Crippen LogP contribution in [-0.2, 0) is 12.6 Å². The number of carbonyl (C=O) groups is 1. The normalized spacial score (nSPS) is 11.4. The van der Waals surface area contributed by atoms with Crippen molar-refractivity contribution in [1.29, 1.82) is 0 Å². The minimum absolute atomic E-state index is 0.0880. The Morgan fingerprint density at radius 1 is 1.15 bits per heavy atom. The highest BCUT2D eigenvalue weighted by Crippen LogP contribution is 2.35. The molecule has 0 aliphatic carbocycles. The average Bonchev–Trinajstić information content (AvgIpc) is 3.10.